The van der Waals surface area contributed by atoms with Gasteiger partial charge in [-0.05, 0) is 47.9 Å². The third-order valence-electron chi connectivity index (χ3n) is 2.88. The Bertz CT molecular complexity index is 826. The Morgan fingerprint density at radius 2 is 1.85 bits per heavy atom. The molecule has 20 heavy (non-hydrogen) atoms. The Labute approximate surface area is 122 Å². The average Bonchev–Trinajstić information content (AvgIpc) is 2.81. The molecule has 1 aromatic heterocycles. The minimum absolute atomic E-state index is 0.0403. The normalized spacial score (nSPS) is 10.9. The Morgan fingerprint density at radius 1 is 1.05 bits per heavy atom. The maximum Gasteiger partial charge on any atom is 0.205 e. The molecule has 0 saturated carbocycles. The zero-order valence-electron chi connectivity index (χ0n) is 9.99. The molecule has 5 heteroatoms. The van der Waals surface area contributed by atoms with Crippen LogP contribution in [-0.2, 0) is 0 Å². The second kappa shape index (κ2) is 4.96. The van der Waals surface area contributed by atoms with Crippen molar-refractivity contribution in [1.29, 1.82) is 0 Å². The highest BCUT2D eigenvalue weighted by atomic mass is 35.5. The molecular formula is C15H7ClF2OS. The SMILES string of the molecule is O=C(c1cc2cc(F)ccc2s1)c1ccc(Cl)cc1F. The van der Waals surface area contributed by atoms with Crippen molar-refractivity contribution in [3.05, 3.63) is 69.6 Å². The van der Waals surface area contributed by atoms with Crippen LogP contribution in [0.15, 0.2) is 42.5 Å². The summed E-state index contributed by atoms with van der Waals surface area (Å²) in [6.45, 7) is 0. The maximum absolute atomic E-state index is 13.7. The molecule has 3 rings (SSSR count). The van der Waals surface area contributed by atoms with Crippen LogP contribution in [0.25, 0.3) is 10.1 Å². The van der Waals surface area contributed by atoms with Gasteiger partial charge in [-0.15, -0.1) is 11.3 Å². The van der Waals surface area contributed by atoms with Gasteiger partial charge in [-0.2, -0.15) is 0 Å². The van der Waals surface area contributed by atoms with Gasteiger partial charge in [0.15, 0.2) is 0 Å². The number of hydrogen-bond donors (Lipinski definition) is 0. The maximum atomic E-state index is 13.7. The van der Waals surface area contributed by atoms with Crippen molar-refractivity contribution in [1.82, 2.24) is 0 Å². The summed E-state index contributed by atoms with van der Waals surface area (Å²) in [6, 6.07) is 9.76. The number of halogens is 3. The van der Waals surface area contributed by atoms with E-state index in [1.807, 2.05) is 0 Å². The molecule has 0 spiro atoms. The highest BCUT2D eigenvalue weighted by molar-refractivity contribution is 7.21. The lowest BCUT2D eigenvalue weighted by molar-refractivity contribution is 0.103. The van der Waals surface area contributed by atoms with Crippen LogP contribution in [0.2, 0.25) is 5.02 Å². The second-order valence-electron chi connectivity index (χ2n) is 4.25. The molecule has 0 N–H and O–H groups in total. The van der Waals surface area contributed by atoms with Crippen molar-refractivity contribution in [3.63, 3.8) is 0 Å². The van der Waals surface area contributed by atoms with Gasteiger partial charge in [0.1, 0.15) is 11.6 Å². The van der Waals surface area contributed by atoms with E-state index >= 15 is 0 Å². The fraction of sp³-hybridized carbons (Fsp3) is 0. The van der Waals surface area contributed by atoms with E-state index < -0.39 is 11.6 Å². The van der Waals surface area contributed by atoms with Crippen LogP contribution in [0.3, 0.4) is 0 Å². The average molecular weight is 309 g/mol. The third kappa shape index (κ3) is 2.32. The van der Waals surface area contributed by atoms with E-state index in [9.17, 15) is 13.6 Å². The first kappa shape index (κ1) is 13.2. The van der Waals surface area contributed by atoms with Crippen LogP contribution in [0.4, 0.5) is 8.78 Å². The Kier molecular flexibility index (Phi) is 3.28. The fourth-order valence-corrected chi connectivity index (χ4v) is 3.09. The summed E-state index contributed by atoms with van der Waals surface area (Å²) >= 11 is 6.86. The number of thiophene rings is 1. The molecule has 0 amide bonds. The van der Waals surface area contributed by atoms with Gasteiger partial charge in [-0.3, -0.25) is 4.79 Å². The van der Waals surface area contributed by atoms with Gasteiger partial charge < -0.3 is 0 Å². The second-order valence-corrected chi connectivity index (χ2v) is 5.77. The van der Waals surface area contributed by atoms with Crippen molar-refractivity contribution >= 4 is 38.8 Å². The summed E-state index contributed by atoms with van der Waals surface area (Å²) in [6.07, 6.45) is 0. The number of carbonyl (C=O) groups excluding carboxylic acids is 1. The van der Waals surface area contributed by atoms with Crippen molar-refractivity contribution in [2.75, 3.05) is 0 Å². The molecular weight excluding hydrogens is 302 g/mol. The standard InChI is InChI=1S/C15H7ClF2OS/c16-9-1-3-11(12(18)7-9)15(19)14-6-8-5-10(17)2-4-13(8)20-14/h1-7H. The highest BCUT2D eigenvalue weighted by Gasteiger charge is 2.17. The molecule has 0 radical (unpaired) electrons. The Hall–Kier alpha value is -1.78. The number of ketones is 1. The van der Waals surface area contributed by atoms with E-state index in [2.05, 4.69) is 0 Å². The van der Waals surface area contributed by atoms with E-state index in [-0.39, 0.29) is 16.4 Å². The monoisotopic (exact) mass is 308 g/mol. The zero-order chi connectivity index (χ0) is 14.3. The number of fused-ring (bicyclic) bond motifs is 1. The lowest BCUT2D eigenvalue weighted by Crippen LogP contribution is -2.01. The molecule has 0 aliphatic rings. The van der Waals surface area contributed by atoms with Gasteiger partial charge in [0.25, 0.3) is 0 Å². The first-order chi connectivity index (χ1) is 9.54. The van der Waals surface area contributed by atoms with E-state index in [4.69, 9.17) is 11.6 Å². The summed E-state index contributed by atoms with van der Waals surface area (Å²) in [5.74, 6) is -1.46. The van der Waals surface area contributed by atoms with Crippen LogP contribution < -0.4 is 0 Å². The molecule has 0 bridgehead atoms. The summed E-state index contributed by atoms with van der Waals surface area (Å²) in [5, 5.41) is 0.866. The Morgan fingerprint density at radius 3 is 2.60 bits per heavy atom. The largest absolute Gasteiger partial charge is 0.288 e. The van der Waals surface area contributed by atoms with Gasteiger partial charge in [0.05, 0.1) is 10.4 Å². The van der Waals surface area contributed by atoms with E-state index in [0.717, 1.165) is 10.8 Å². The lowest BCUT2D eigenvalue weighted by atomic mass is 10.1. The van der Waals surface area contributed by atoms with Crippen LogP contribution in [0.5, 0.6) is 0 Å². The molecule has 0 unspecified atom stereocenters. The van der Waals surface area contributed by atoms with Crippen LogP contribution in [-0.4, -0.2) is 5.78 Å². The Balaban J connectivity index is 2.08. The number of rotatable bonds is 2. The van der Waals surface area contributed by atoms with Gasteiger partial charge in [0, 0.05) is 9.72 Å². The number of benzene rings is 2. The van der Waals surface area contributed by atoms with Gasteiger partial charge >= 0.3 is 0 Å². The van der Waals surface area contributed by atoms with Crippen molar-refractivity contribution in [3.8, 4) is 0 Å². The predicted molar refractivity (Wildman–Crippen MR) is 76.6 cm³/mol. The summed E-state index contributed by atoms with van der Waals surface area (Å²) < 4.78 is 27.7. The van der Waals surface area contributed by atoms with Crippen molar-refractivity contribution < 1.29 is 13.6 Å². The smallest absolute Gasteiger partial charge is 0.205 e. The van der Waals surface area contributed by atoms with Gasteiger partial charge in [-0.1, -0.05) is 11.6 Å². The first-order valence-electron chi connectivity index (χ1n) is 5.73. The summed E-state index contributed by atoms with van der Waals surface area (Å²) in [4.78, 5) is 12.6. The lowest BCUT2D eigenvalue weighted by Gasteiger charge is -2.00. The van der Waals surface area contributed by atoms with E-state index in [1.165, 1.54) is 35.6 Å². The summed E-state index contributed by atoms with van der Waals surface area (Å²) in [5.41, 5.74) is -0.0403. The number of hydrogen-bond acceptors (Lipinski definition) is 2. The molecule has 3 aromatic rings. The molecule has 1 nitrogen and oxygen atoms in total. The molecule has 0 fully saturated rings. The van der Waals surface area contributed by atoms with Crippen molar-refractivity contribution in [2.45, 2.75) is 0 Å². The van der Waals surface area contributed by atoms with E-state index in [0.29, 0.717) is 10.3 Å². The van der Waals surface area contributed by atoms with Gasteiger partial charge in [0.2, 0.25) is 5.78 Å². The predicted octanol–water partition coefficient (Wildman–Crippen LogP) is 5.06. The first-order valence-corrected chi connectivity index (χ1v) is 6.93. The van der Waals surface area contributed by atoms with Crippen molar-refractivity contribution in [2.24, 2.45) is 0 Å². The quantitative estimate of drug-likeness (QED) is 0.604. The molecule has 0 aliphatic carbocycles. The number of carbonyl (C=O) groups is 1. The molecule has 100 valence electrons. The van der Waals surface area contributed by atoms with Crippen LogP contribution in [0.1, 0.15) is 15.2 Å². The zero-order valence-corrected chi connectivity index (χ0v) is 11.6. The minimum atomic E-state index is -0.661. The van der Waals surface area contributed by atoms with Gasteiger partial charge in [-0.25, -0.2) is 8.78 Å². The minimum Gasteiger partial charge on any atom is -0.288 e. The van der Waals surface area contributed by atoms with E-state index in [1.54, 1.807) is 12.1 Å². The van der Waals surface area contributed by atoms with Crippen LogP contribution in [0, 0.1) is 11.6 Å². The molecule has 1 heterocycles. The topological polar surface area (TPSA) is 17.1 Å². The summed E-state index contributed by atoms with van der Waals surface area (Å²) in [7, 11) is 0. The molecule has 0 aliphatic heterocycles. The fourth-order valence-electron chi connectivity index (χ4n) is 1.93. The molecule has 0 saturated heterocycles. The third-order valence-corrected chi connectivity index (χ3v) is 4.23. The molecule has 2 aromatic carbocycles. The molecule has 0 atom stereocenters. The highest BCUT2D eigenvalue weighted by Crippen LogP contribution is 2.29. The van der Waals surface area contributed by atoms with Crippen LogP contribution >= 0.6 is 22.9 Å².